The predicted octanol–water partition coefficient (Wildman–Crippen LogP) is 5.90. The molecule has 3 heterocycles. The van der Waals surface area contributed by atoms with Gasteiger partial charge in [0.15, 0.2) is 17.1 Å². The Kier molecular flexibility index (Phi) is 7.35. The second-order valence-corrected chi connectivity index (χ2v) is 11.6. The van der Waals surface area contributed by atoms with Gasteiger partial charge in [0.1, 0.15) is 13.2 Å². The quantitative estimate of drug-likeness (QED) is 0.237. The molecule has 0 fully saturated rings. The molecule has 6 aromatic rings. The average molecular weight is 633 g/mol. The third-order valence-electron chi connectivity index (χ3n) is 8.35. The van der Waals surface area contributed by atoms with Crippen molar-refractivity contribution in [2.75, 3.05) is 18.5 Å². The summed E-state index contributed by atoms with van der Waals surface area (Å²) in [6.45, 7) is 0.931. The van der Waals surface area contributed by atoms with Crippen LogP contribution in [0.2, 0.25) is 5.02 Å². The van der Waals surface area contributed by atoms with Gasteiger partial charge in [-0.1, -0.05) is 41.9 Å². The van der Waals surface area contributed by atoms with Crippen molar-refractivity contribution in [3.8, 4) is 22.6 Å². The molecular formula is C36H29ClN4O5. The molecule has 0 aliphatic carbocycles. The monoisotopic (exact) mass is 632 g/mol. The van der Waals surface area contributed by atoms with Gasteiger partial charge in [-0.15, -0.1) is 0 Å². The first-order valence-electron chi connectivity index (χ1n) is 14.6. The van der Waals surface area contributed by atoms with E-state index in [1.165, 1.54) is 0 Å². The van der Waals surface area contributed by atoms with E-state index in [0.717, 1.165) is 10.9 Å². The second-order valence-electron chi connectivity index (χ2n) is 11.2. The fraction of sp³-hybridized carbons (Fsp3) is 0.139. The van der Waals surface area contributed by atoms with Crippen LogP contribution in [-0.4, -0.2) is 38.3 Å². The molecule has 0 bridgehead atoms. The SMILES string of the molecule is Cn1cncc1C(O)(c1ccc(C(=O)Nc2ccc3c(c2)OCCO3)cc1)c1ccc2c(c1)c(-c1cccc(Cl)c1)cc(=O)n2C. The van der Waals surface area contributed by atoms with Crippen LogP contribution in [-0.2, 0) is 19.7 Å². The number of amides is 1. The highest BCUT2D eigenvalue weighted by molar-refractivity contribution is 6.30. The van der Waals surface area contributed by atoms with Gasteiger partial charge < -0.3 is 29.0 Å². The van der Waals surface area contributed by atoms with Crippen LogP contribution in [0.25, 0.3) is 22.0 Å². The molecule has 9 nitrogen and oxygen atoms in total. The number of carbonyl (C=O) groups excluding carboxylic acids is 1. The maximum atomic E-state index is 13.2. The van der Waals surface area contributed by atoms with E-state index < -0.39 is 5.60 Å². The van der Waals surface area contributed by atoms with E-state index in [1.54, 1.807) is 89.4 Å². The van der Waals surface area contributed by atoms with Gasteiger partial charge in [-0.05, 0) is 70.8 Å². The van der Waals surface area contributed by atoms with Crippen molar-refractivity contribution < 1.29 is 19.4 Å². The zero-order chi connectivity index (χ0) is 32.0. The van der Waals surface area contributed by atoms with E-state index in [4.69, 9.17) is 21.1 Å². The van der Waals surface area contributed by atoms with E-state index in [2.05, 4.69) is 10.3 Å². The Morgan fingerprint density at radius 2 is 1.67 bits per heavy atom. The number of nitrogens with zero attached hydrogens (tertiary/aromatic N) is 3. The van der Waals surface area contributed by atoms with E-state index >= 15 is 0 Å². The summed E-state index contributed by atoms with van der Waals surface area (Å²) in [7, 11) is 3.53. The Balaban J connectivity index is 1.30. The third kappa shape index (κ3) is 5.09. The molecule has 0 radical (unpaired) electrons. The van der Waals surface area contributed by atoms with Crippen LogP contribution in [0.1, 0.15) is 27.2 Å². The molecule has 0 saturated carbocycles. The minimum Gasteiger partial charge on any atom is -0.486 e. The summed E-state index contributed by atoms with van der Waals surface area (Å²) >= 11 is 6.32. The number of nitrogens with one attached hydrogen (secondary N) is 1. The summed E-state index contributed by atoms with van der Waals surface area (Å²) in [4.78, 5) is 30.4. The van der Waals surface area contributed by atoms with Crippen molar-refractivity contribution in [1.29, 1.82) is 0 Å². The molecule has 4 aromatic carbocycles. The molecule has 7 rings (SSSR count). The lowest BCUT2D eigenvalue weighted by molar-refractivity contribution is 0.102. The fourth-order valence-electron chi connectivity index (χ4n) is 5.94. The first-order chi connectivity index (χ1) is 22.2. The van der Waals surface area contributed by atoms with Crippen LogP contribution in [0.3, 0.4) is 0 Å². The van der Waals surface area contributed by atoms with Gasteiger partial charge in [0, 0.05) is 47.9 Å². The minimum atomic E-state index is -1.66. The van der Waals surface area contributed by atoms with Crippen molar-refractivity contribution in [1.82, 2.24) is 14.1 Å². The lowest BCUT2D eigenvalue weighted by atomic mass is 9.82. The Morgan fingerprint density at radius 3 is 2.41 bits per heavy atom. The summed E-state index contributed by atoms with van der Waals surface area (Å²) < 4.78 is 14.5. The molecular weight excluding hydrogens is 604 g/mol. The third-order valence-corrected chi connectivity index (χ3v) is 8.59. The number of ether oxygens (including phenoxy) is 2. The van der Waals surface area contributed by atoms with Crippen LogP contribution >= 0.6 is 11.6 Å². The number of hydrogen-bond acceptors (Lipinski definition) is 6. The van der Waals surface area contributed by atoms with Crippen molar-refractivity contribution in [3.63, 3.8) is 0 Å². The molecule has 10 heteroatoms. The summed E-state index contributed by atoms with van der Waals surface area (Å²) in [5.74, 6) is 0.901. The van der Waals surface area contributed by atoms with Crippen LogP contribution in [0, 0.1) is 0 Å². The van der Waals surface area contributed by atoms with Gasteiger partial charge in [-0.3, -0.25) is 9.59 Å². The molecule has 1 aliphatic heterocycles. The number of carbonyl (C=O) groups is 1. The number of aromatic nitrogens is 3. The number of rotatable bonds is 6. The lowest BCUT2D eigenvalue weighted by Crippen LogP contribution is -2.31. The molecule has 46 heavy (non-hydrogen) atoms. The van der Waals surface area contributed by atoms with Crippen LogP contribution in [0.5, 0.6) is 11.5 Å². The Bertz CT molecular complexity index is 2190. The molecule has 1 amide bonds. The average Bonchev–Trinajstić information content (AvgIpc) is 3.52. The van der Waals surface area contributed by atoms with Crippen LogP contribution in [0.15, 0.2) is 108 Å². The molecule has 1 unspecified atom stereocenters. The molecule has 2 N–H and O–H groups in total. The van der Waals surface area contributed by atoms with Gasteiger partial charge >= 0.3 is 0 Å². The number of hydrogen-bond donors (Lipinski definition) is 2. The number of aryl methyl sites for hydroxylation is 2. The number of anilines is 1. The first-order valence-corrected chi connectivity index (χ1v) is 15.0. The Morgan fingerprint density at radius 1 is 0.913 bits per heavy atom. The highest BCUT2D eigenvalue weighted by atomic mass is 35.5. The summed E-state index contributed by atoms with van der Waals surface area (Å²) in [6.07, 6.45) is 3.24. The highest BCUT2D eigenvalue weighted by Gasteiger charge is 2.37. The molecule has 1 atom stereocenters. The number of pyridine rings is 1. The number of fused-ring (bicyclic) bond motifs is 2. The number of imidazole rings is 1. The van der Waals surface area contributed by atoms with E-state index in [-0.39, 0.29) is 11.5 Å². The normalized spacial score (nSPS) is 13.7. The zero-order valence-electron chi connectivity index (χ0n) is 25.0. The second kappa shape index (κ2) is 11.5. The summed E-state index contributed by atoms with van der Waals surface area (Å²) in [5.41, 5.74) is 2.94. The van der Waals surface area contributed by atoms with Gasteiger partial charge in [-0.2, -0.15) is 0 Å². The zero-order valence-corrected chi connectivity index (χ0v) is 25.8. The Hall–Kier alpha value is -5.38. The minimum absolute atomic E-state index is 0.165. The predicted molar refractivity (Wildman–Crippen MR) is 177 cm³/mol. The maximum absolute atomic E-state index is 13.2. The molecule has 230 valence electrons. The lowest BCUT2D eigenvalue weighted by Gasteiger charge is -2.30. The van der Waals surface area contributed by atoms with Crippen molar-refractivity contribution in [3.05, 3.63) is 141 Å². The standard InChI is InChI=1S/C36H29ClN4O5/c1-40-21-38-20-33(40)36(44,24-8-6-22(7-9-24)35(43)39-27-11-13-31-32(18-27)46-15-14-45-31)25-10-12-30-29(17-25)28(19-34(42)41(30)2)23-4-3-5-26(37)16-23/h3-13,16-21,44H,14-15H2,1-2H3,(H,39,43). The summed E-state index contributed by atoms with van der Waals surface area (Å²) in [5, 5.41) is 16.9. The molecule has 1 aliphatic rings. The van der Waals surface area contributed by atoms with Gasteiger partial charge in [0.25, 0.3) is 11.5 Å². The van der Waals surface area contributed by atoms with Gasteiger partial charge in [-0.25, -0.2) is 4.98 Å². The topological polar surface area (TPSA) is 108 Å². The molecule has 0 saturated heterocycles. The largest absolute Gasteiger partial charge is 0.486 e. The van der Waals surface area contributed by atoms with E-state index in [1.807, 2.05) is 37.4 Å². The van der Waals surface area contributed by atoms with Crippen molar-refractivity contribution in [2.24, 2.45) is 14.1 Å². The van der Waals surface area contributed by atoms with Crippen LogP contribution < -0.4 is 20.3 Å². The van der Waals surface area contributed by atoms with E-state index in [0.29, 0.717) is 68.9 Å². The van der Waals surface area contributed by atoms with Crippen molar-refractivity contribution >= 4 is 34.1 Å². The van der Waals surface area contributed by atoms with E-state index in [9.17, 15) is 14.7 Å². The Labute approximate surface area is 269 Å². The van der Waals surface area contributed by atoms with Crippen molar-refractivity contribution in [2.45, 2.75) is 5.60 Å². The van der Waals surface area contributed by atoms with Gasteiger partial charge in [0.2, 0.25) is 0 Å². The molecule has 0 spiro atoms. The smallest absolute Gasteiger partial charge is 0.255 e. The maximum Gasteiger partial charge on any atom is 0.255 e. The number of halogens is 1. The molecule has 2 aromatic heterocycles. The van der Waals surface area contributed by atoms with Gasteiger partial charge in [0.05, 0.1) is 23.7 Å². The number of benzene rings is 4. The highest BCUT2D eigenvalue weighted by Crippen LogP contribution is 2.39. The van der Waals surface area contributed by atoms with Crippen LogP contribution in [0.4, 0.5) is 5.69 Å². The fourth-order valence-corrected chi connectivity index (χ4v) is 6.13. The summed E-state index contributed by atoms with van der Waals surface area (Å²) in [6, 6.07) is 26.5. The number of aliphatic hydroxyl groups is 1. The first kappa shape index (κ1) is 29.3.